The number of aliphatic hydroxyl groups excluding tert-OH is 1. The SMILES string of the molecule is CC/C=C\C/C=C\C/C=C\C/C=C\C/C=C\C/C=C\C/C=C\C/C=C\C/C=C\C/C=C\CCCCCCC(=O)NC(COP(=O)([O-])OCC[N+](C)(C)C)C(O)/C=C/CC/C=C/CCCCCCCCCCCCCCCCCCCC. The number of hydrogen-bond acceptors (Lipinski definition) is 6. The van der Waals surface area contributed by atoms with Gasteiger partial charge in [0.1, 0.15) is 13.2 Å². The second kappa shape index (κ2) is 61.0. The zero-order valence-corrected chi connectivity index (χ0v) is 53.6. The number of carbonyl (C=O) groups is 1. The minimum Gasteiger partial charge on any atom is -0.756 e. The zero-order chi connectivity index (χ0) is 59.1. The van der Waals surface area contributed by atoms with Crippen molar-refractivity contribution in [3.8, 4) is 0 Å². The maximum absolute atomic E-state index is 13.0. The van der Waals surface area contributed by atoms with Crippen molar-refractivity contribution < 1.29 is 32.9 Å². The lowest BCUT2D eigenvalue weighted by molar-refractivity contribution is -0.870. The van der Waals surface area contributed by atoms with E-state index in [0.29, 0.717) is 23.9 Å². The van der Waals surface area contributed by atoms with Crippen LogP contribution in [0, 0.1) is 0 Å². The van der Waals surface area contributed by atoms with E-state index in [1.54, 1.807) is 6.08 Å². The number of likely N-dealkylation sites (N-methyl/N-ethyl adjacent to an activating group) is 1. The van der Waals surface area contributed by atoms with Gasteiger partial charge >= 0.3 is 0 Å². The summed E-state index contributed by atoms with van der Waals surface area (Å²) in [7, 11) is 1.21. The van der Waals surface area contributed by atoms with E-state index >= 15 is 0 Å². The van der Waals surface area contributed by atoms with Crippen LogP contribution < -0.4 is 10.2 Å². The van der Waals surface area contributed by atoms with Crippen LogP contribution in [0.25, 0.3) is 0 Å². The molecular formula is C72H123N2O6P. The van der Waals surface area contributed by atoms with Crippen LogP contribution in [0.4, 0.5) is 0 Å². The molecule has 0 aliphatic rings. The Kier molecular flexibility index (Phi) is 58.2. The lowest BCUT2D eigenvalue weighted by Crippen LogP contribution is -2.45. The predicted octanol–water partition coefficient (Wildman–Crippen LogP) is 20.2. The molecule has 0 spiro atoms. The summed E-state index contributed by atoms with van der Waals surface area (Å²) in [4.78, 5) is 25.6. The number of phosphoric acid groups is 1. The first-order valence-corrected chi connectivity index (χ1v) is 34.2. The molecule has 0 aliphatic heterocycles. The molecule has 9 heteroatoms. The number of amides is 1. The van der Waals surface area contributed by atoms with Crippen molar-refractivity contribution in [1.82, 2.24) is 5.32 Å². The van der Waals surface area contributed by atoms with Crippen LogP contribution in [0.1, 0.15) is 251 Å². The normalized spacial score (nSPS) is 14.7. The molecule has 81 heavy (non-hydrogen) atoms. The fourth-order valence-corrected chi connectivity index (χ4v) is 9.45. The topological polar surface area (TPSA) is 108 Å². The van der Waals surface area contributed by atoms with Crippen LogP contribution in [0.15, 0.2) is 146 Å². The Morgan fingerprint density at radius 3 is 1.15 bits per heavy atom. The molecule has 0 aromatic heterocycles. The van der Waals surface area contributed by atoms with Crippen molar-refractivity contribution in [3.63, 3.8) is 0 Å². The van der Waals surface area contributed by atoms with Gasteiger partial charge in [-0.1, -0.05) is 282 Å². The highest BCUT2D eigenvalue weighted by Crippen LogP contribution is 2.38. The molecule has 0 saturated heterocycles. The van der Waals surface area contributed by atoms with Gasteiger partial charge in [-0.3, -0.25) is 9.36 Å². The Morgan fingerprint density at radius 2 is 0.765 bits per heavy atom. The van der Waals surface area contributed by atoms with Gasteiger partial charge in [0.15, 0.2) is 0 Å². The zero-order valence-electron chi connectivity index (χ0n) is 52.7. The first kappa shape index (κ1) is 77.4. The van der Waals surface area contributed by atoms with E-state index in [1.165, 1.54) is 116 Å². The van der Waals surface area contributed by atoms with Crippen LogP contribution in [-0.2, 0) is 18.4 Å². The van der Waals surface area contributed by atoms with E-state index in [2.05, 4.69) is 153 Å². The third-order valence-electron chi connectivity index (χ3n) is 13.8. The molecule has 8 nitrogen and oxygen atoms in total. The molecule has 3 unspecified atom stereocenters. The number of phosphoric ester groups is 1. The second-order valence-electron chi connectivity index (χ2n) is 22.7. The van der Waals surface area contributed by atoms with E-state index in [4.69, 9.17) is 9.05 Å². The van der Waals surface area contributed by atoms with E-state index < -0.39 is 26.6 Å². The molecule has 3 atom stereocenters. The number of aliphatic hydroxyl groups is 1. The third kappa shape index (κ3) is 63.8. The molecule has 0 aliphatic carbocycles. The van der Waals surface area contributed by atoms with Gasteiger partial charge in [0, 0.05) is 6.42 Å². The Labute approximate surface area is 499 Å². The monoisotopic (exact) mass is 1140 g/mol. The number of quaternary nitrogens is 1. The van der Waals surface area contributed by atoms with Gasteiger partial charge in [0.25, 0.3) is 7.82 Å². The van der Waals surface area contributed by atoms with E-state index in [1.807, 2.05) is 27.2 Å². The van der Waals surface area contributed by atoms with Gasteiger partial charge in [-0.15, -0.1) is 0 Å². The molecule has 0 saturated carbocycles. The number of hydrogen-bond donors (Lipinski definition) is 2. The van der Waals surface area contributed by atoms with Gasteiger partial charge in [0.05, 0.1) is 39.9 Å². The van der Waals surface area contributed by atoms with Crippen molar-refractivity contribution in [2.75, 3.05) is 40.9 Å². The highest BCUT2D eigenvalue weighted by Gasteiger charge is 2.23. The number of carbonyl (C=O) groups excluding carboxylic acids is 1. The molecule has 1 amide bonds. The number of unbranched alkanes of at least 4 members (excludes halogenated alkanes) is 23. The number of nitrogens with zero attached hydrogens (tertiary/aromatic N) is 1. The van der Waals surface area contributed by atoms with Gasteiger partial charge in [-0.05, 0) is 109 Å². The van der Waals surface area contributed by atoms with Gasteiger partial charge < -0.3 is 28.8 Å². The Bertz CT molecular complexity index is 1830. The van der Waals surface area contributed by atoms with E-state index in [-0.39, 0.29) is 12.5 Å². The minimum atomic E-state index is -4.63. The summed E-state index contributed by atoms with van der Waals surface area (Å²) >= 11 is 0. The highest BCUT2D eigenvalue weighted by atomic mass is 31.2. The van der Waals surface area contributed by atoms with Gasteiger partial charge in [-0.2, -0.15) is 0 Å². The molecule has 0 fully saturated rings. The standard InChI is InChI=1S/C72H123N2O6P/c1-6-8-10-12-14-16-18-20-22-24-26-28-30-32-33-34-35-36-37-38-39-40-41-42-44-46-48-50-52-54-56-58-60-62-64-66-72(76)73-70(69-80-81(77,78)79-68-67-74(3,4)5)71(75)65-63-61-59-57-55-53-51-49-47-45-43-31-29-27-25-23-21-19-17-15-13-11-9-7-2/h8,10,14,16,20,22,26,28,32-33,35-36,38-39,41-42,46,48,52,54-55,57,63,65,70-71,75H,6-7,9,11-13,15,17-19,21,23-25,27,29-31,34,37,40,43-45,47,49-51,53,56,58-62,64,66-69H2,1-5H3,(H-,73,76,77,78)/b10-8-,16-14-,22-20-,28-26-,33-32-,36-35-,39-38-,42-41-,48-46-,54-52-,57-55+,65-63+. The first-order chi connectivity index (χ1) is 39.5. The fraction of sp³-hybridized carbons (Fsp3) is 0.653. The van der Waals surface area contributed by atoms with E-state index in [9.17, 15) is 19.4 Å². The van der Waals surface area contributed by atoms with Crippen molar-refractivity contribution >= 4 is 13.7 Å². The van der Waals surface area contributed by atoms with Crippen LogP contribution in [0.5, 0.6) is 0 Å². The molecule has 0 rings (SSSR count). The molecular weight excluding hydrogens is 1020 g/mol. The lowest BCUT2D eigenvalue weighted by Gasteiger charge is -2.29. The summed E-state index contributed by atoms with van der Waals surface area (Å²) in [6.45, 7) is 4.50. The lowest BCUT2D eigenvalue weighted by atomic mass is 10.0. The largest absolute Gasteiger partial charge is 0.756 e. The number of allylic oxidation sites excluding steroid dienone is 23. The maximum Gasteiger partial charge on any atom is 0.268 e. The molecule has 0 radical (unpaired) electrons. The van der Waals surface area contributed by atoms with Gasteiger partial charge in [-0.25, -0.2) is 0 Å². The number of nitrogens with one attached hydrogen (secondary N) is 1. The Morgan fingerprint density at radius 1 is 0.444 bits per heavy atom. The molecule has 2 N–H and O–H groups in total. The Hall–Kier alpha value is -3.62. The fourth-order valence-electron chi connectivity index (χ4n) is 8.73. The molecule has 0 bridgehead atoms. The average molecular weight is 1140 g/mol. The molecule has 0 aromatic carbocycles. The Balaban J connectivity index is 4.29. The summed E-state index contributed by atoms with van der Waals surface area (Å²) in [6.07, 6.45) is 93.8. The first-order valence-electron chi connectivity index (χ1n) is 32.7. The summed E-state index contributed by atoms with van der Waals surface area (Å²) < 4.78 is 23.4. The second-order valence-corrected chi connectivity index (χ2v) is 24.1. The maximum atomic E-state index is 13.0. The van der Waals surface area contributed by atoms with Crippen molar-refractivity contribution in [2.24, 2.45) is 0 Å². The van der Waals surface area contributed by atoms with Crippen molar-refractivity contribution in [1.29, 1.82) is 0 Å². The summed E-state index contributed by atoms with van der Waals surface area (Å²) in [5, 5.41) is 13.9. The molecule has 0 aromatic rings. The minimum absolute atomic E-state index is 0.0196. The quantitative estimate of drug-likeness (QED) is 0.0272. The average Bonchev–Trinajstić information content (AvgIpc) is 3.43. The van der Waals surface area contributed by atoms with Crippen LogP contribution in [0.2, 0.25) is 0 Å². The highest BCUT2D eigenvalue weighted by molar-refractivity contribution is 7.45. The van der Waals surface area contributed by atoms with Gasteiger partial charge in [0.2, 0.25) is 5.91 Å². The smallest absolute Gasteiger partial charge is 0.268 e. The summed E-state index contributed by atoms with van der Waals surface area (Å²) in [5.74, 6) is -0.236. The van der Waals surface area contributed by atoms with Crippen LogP contribution in [0.3, 0.4) is 0 Å². The van der Waals surface area contributed by atoms with Crippen molar-refractivity contribution in [2.45, 2.75) is 264 Å². The van der Waals surface area contributed by atoms with Crippen LogP contribution in [-0.4, -0.2) is 68.5 Å². The van der Waals surface area contributed by atoms with Crippen LogP contribution >= 0.6 is 7.82 Å². The molecule has 462 valence electrons. The number of rotatable bonds is 58. The summed E-state index contributed by atoms with van der Waals surface area (Å²) in [5.41, 5.74) is 0. The summed E-state index contributed by atoms with van der Waals surface area (Å²) in [6, 6.07) is -0.930. The molecule has 0 heterocycles. The van der Waals surface area contributed by atoms with Crippen molar-refractivity contribution in [3.05, 3.63) is 146 Å². The van der Waals surface area contributed by atoms with E-state index in [0.717, 1.165) is 109 Å². The predicted molar refractivity (Wildman–Crippen MR) is 352 cm³/mol. The third-order valence-corrected chi connectivity index (χ3v) is 14.7.